The Kier molecular flexibility index (Phi) is 8.63. The molecule has 3 aromatic carbocycles. The van der Waals surface area contributed by atoms with E-state index in [9.17, 15) is 9.59 Å². The fourth-order valence-electron chi connectivity index (χ4n) is 2.89. The van der Waals surface area contributed by atoms with Crippen molar-refractivity contribution in [1.82, 2.24) is 0 Å². The molecule has 0 unspecified atom stereocenters. The lowest BCUT2D eigenvalue weighted by atomic mass is 9.95. The number of hydrogen-bond acceptors (Lipinski definition) is 3. The molecule has 3 rings (SSSR count). The van der Waals surface area contributed by atoms with Gasteiger partial charge in [0, 0.05) is 0 Å². The van der Waals surface area contributed by atoms with Crippen LogP contribution in [0.25, 0.3) is 11.1 Å². The standard InChI is InChI=1S/C18H18O5.C7H8/c1-23-16-8-6-14(7-9-16)13-4-2-12(3-5-13)10-15(18(21)22)11-17(19)20;1-7-5-3-2-4-6-7/h2-9,15H,10-11H2,1H3,(H,19,20)(H,21,22);2-6H,1H3/t15-;/m0./s1. The predicted octanol–water partition coefficient (Wildman–Crippen LogP) is 5.08. The van der Waals surface area contributed by atoms with E-state index in [1.165, 1.54) is 5.56 Å². The Morgan fingerprint density at radius 1 is 0.833 bits per heavy atom. The third-order valence-electron chi connectivity index (χ3n) is 4.57. The van der Waals surface area contributed by atoms with Gasteiger partial charge in [-0.05, 0) is 42.2 Å². The molecule has 0 fully saturated rings. The Hall–Kier alpha value is -3.60. The lowest BCUT2D eigenvalue weighted by molar-refractivity contribution is -0.148. The fraction of sp³-hybridized carbons (Fsp3) is 0.200. The number of carbonyl (C=O) groups is 2. The van der Waals surface area contributed by atoms with Gasteiger partial charge in [-0.2, -0.15) is 0 Å². The monoisotopic (exact) mass is 406 g/mol. The summed E-state index contributed by atoms with van der Waals surface area (Å²) in [5.41, 5.74) is 4.15. The summed E-state index contributed by atoms with van der Waals surface area (Å²) in [4.78, 5) is 21.8. The molecule has 0 spiro atoms. The van der Waals surface area contributed by atoms with Gasteiger partial charge >= 0.3 is 11.9 Å². The number of carboxylic acids is 2. The Balaban J connectivity index is 0.000000386. The second-order valence-corrected chi connectivity index (χ2v) is 6.92. The topological polar surface area (TPSA) is 83.8 Å². The first-order chi connectivity index (χ1) is 14.4. The average Bonchev–Trinajstić information content (AvgIpc) is 2.74. The van der Waals surface area contributed by atoms with Crippen LogP contribution in [0.2, 0.25) is 0 Å². The zero-order valence-electron chi connectivity index (χ0n) is 17.1. The minimum absolute atomic E-state index is 0.199. The Morgan fingerprint density at radius 2 is 1.37 bits per heavy atom. The van der Waals surface area contributed by atoms with E-state index in [0.717, 1.165) is 22.4 Å². The maximum absolute atomic E-state index is 11.1. The number of methoxy groups -OCH3 is 1. The first kappa shape index (κ1) is 22.7. The molecule has 3 aromatic rings. The van der Waals surface area contributed by atoms with E-state index in [0.29, 0.717) is 0 Å². The molecule has 0 aromatic heterocycles. The third-order valence-corrected chi connectivity index (χ3v) is 4.57. The number of rotatable bonds is 7. The van der Waals surface area contributed by atoms with E-state index in [1.54, 1.807) is 7.11 Å². The lowest BCUT2D eigenvalue weighted by Crippen LogP contribution is -2.20. The summed E-state index contributed by atoms with van der Waals surface area (Å²) in [7, 11) is 1.61. The van der Waals surface area contributed by atoms with Crippen molar-refractivity contribution in [3.63, 3.8) is 0 Å². The molecule has 0 radical (unpaired) electrons. The van der Waals surface area contributed by atoms with Crippen LogP contribution in [0.3, 0.4) is 0 Å². The second-order valence-electron chi connectivity index (χ2n) is 6.92. The SMILES string of the molecule is COc1ccc(-c2ccc(C[C@@H](CC(=O)O)C(=O)O)cc2)cc1.Cc1ccccc1. The van der Waals surface area contributed by atoms with E-state index >= 15 is 0 Å². The highest BCUT2D eigenvalue weighted by atomic mass is 16.5. The molecule has 30 heavy (non-hydrogen) atoms. The maximum atomic E-state index is 11.1. The number of hydrogen-bond donors (Lipinski definition) is 2. The van der Waals surface area contributed by atoms with E-state index in [1.807, 2.05) is 66.7 Å². The molecule has 0 aliphatic rings. The van der Waals surface area contributed by atoms with Gasteiger partial charge in [-0.1, -0.05) is 72.3 Å². The summed E-state index contributed by atoms with van der Waals surface area (Å²) in [6, 6.07) is 25.4. The number of ether oxygens (including phenoxy) is 1. The molecule has 5 nitrogen and oxygen atoms in total. The maximum Gasteiger partial charge on any atom is 0.307 e. The second kappa shape index (κ2) is 11.4. The molecule has 0 aliphatic heterocycles. The molecular formula is C25H26O5. The van der Waals surface area contributed by atoms with Crippen LogP contribution >= 0.6 is 0 Å². The van der Waals surface area contributed by atoms with Gasteiger partial charge in [0.2, 0.25) is 0 Å². The first-order valence-electron chi connectivity index (χ1n) is 9.58. The molecule has 2 N–H and O–H groups in total. The zero-order valence-corrected chi connectivity index (χ0v) is 17.1. The van der Waals surface area contributed by atoms with Crippen LogP contribution in [-0.4, -0.2) is 29.3 Å². The Morgan fingerprint density at radius 3 is 1.77 bits per heavy atom. The van der Waals surface area contributed by atoms with Crippen molar-refractivity contribution < 1.29 is 24.5 Å². The van der Waals surface area contributed by atoms with Crippen LogP contribution in [0.4, 0.5) is 0 Å². The summed E-state index contributed by atoms with van der Waals surface area (Å²) in [6.07, 6.45) is -0.180. The molecule has 0 saturated heterocycles. The van der Waals surface area contributed by atoms with Crippen LogP contribution in [-0.2, 0) is 16.0 Å². The molecule has 156 valence electrons. The molecule has 1 atom stereocenters. The number of carboxylic acid groups (broad SMARTS) is 2. The predicted molar refractivity (Wildman–Crippen MR) is 117 cm³/mol. The molecule has 0 aliphatic carbocycles. The van der Waals surface area contributed by atoms with Gasteiger partial charge in [0.05, 0.1) is 19.4 Å². The van der Waals surface area contributed by atoms with Crippen molar-refractivity contribution >= 4 is 11.9 Å². The van der Waals surface area contributed by atoms with E-state index < -0.39 is 17.9 Å². The quantitative estimate of drug-likeness (QED) is 0.572. The Labute approximate surface area is 176 Å². The van der Waals surface area contributed by atoms with Crippen molar-refractivity contribution in [3.05, 3.63) is 90.0 Å². The first-order valence-corrected chi connectivity index (χ1v) is 9.58. The van der Waals surface area contributed by atoms with Crippen LogP contribution in [0.1, 0.15) is 17.5 Å². The Bertz CT molecular complexity index is 932. The lowest BCUT2D eigenvalue weighted by Gasteiger charge is -2.10. The molecule has 0 bridgehead atoms. The van der Waals surface area contributed by atoms with Crippen molar-refractivity contribution in [2.45, 2.75) is 19.8 Å². The molecule has 5 heteroatoms. The van der Waals surface area contributed by atoms with Crippen LogP contribution < -0.4 is 4.74 Å². The van der Waals surface area contributed by atoms with Crippen molar-refractivity contribution in [3.8, 4) is 16.9 Å². The van der Waals surface area contributed by atoms with Gasteiger partial charge in [0.25, 0.3) is 0 Å². The molecule has 0 amide bonds. The normalized spacial score (nSPS) is 11.0. The van der Waals surface area contributed by atoms with Gasteiger partial charge in [-0.25, -0.2) is 0 Å². The van der Waals surface area contributed by atoms with Gasteiger partial charge in [-0.3, -0.25) is 9.59 Å². The summed E-state index contributed by atoms with van der Waals surface area (Å²) in [5.74, 6) is -2.33. The minimum Gasteiger partial charge on any atom is -0.497 e. The molecule has 0 heterocycles. The number of aliphatic carboxylic acids is 2. The number of aryl methyl sites for hydroxylation is 1. The van der Waals surface area contributed by atoms with Gasteiger partial charge in [0.15, 0.2) is 0 Å². The molecule has 0 saturated carbocycles. The zero-order chi connectivity index (χ0) is 21.9. The van der Waals surface area contributed by atoms with Gasteiger partial charge in [-0.15, -0.1) is 0 Å². The van der Waals surface area contributed by atoms with Crippen LogP contribution in [0, 0.1) is 12.8 Å². The highest BCUT2D eigenvalue weighted by Crippen LogP contribution is 2.23. The van der Waals surface area contributed by atoms with Crippen molar-refractivity contribution in [1.29, 1.82) is 0 Å². The van der Waals surface area contributed by atoms with Gasteiger partial charge in [0.1, 0.15) is 5.75 Å². The fourth-order valence-corrected chi connectivity index (χ4v) is 2.89. The average molecular weight is 406 g/mol. The highest BCUT2D eigenvalue weighted by Gasteiger charge is 2.21. The summed E-state index contributed by atoms with van der Waals surface area (Å²) >= 11 is 0. The smallest absolute Gasteiger partial charge is 0.307 e. The summed E-state index contributed by atoms with van der Waals surface area (Å²) in [5, 5.41) is 17.9. The minimum atomic E-state index is -1.10. The van der Waals surface area contributed by atoms with Crippen molar-refractivity contribution in [2.75, 3.05) is 7.11 Å². The highest BCUT2D eigenvalue weighted by molar-refractivity contribution is 5.78. The summed E-state index contributed by atoms with van der Waals surface area (Å²) < 4.78 is 5.12. The third kappa shape index (κ3) is 7.43. The summed E-state index contributed by atoms with van der Waals surface area (Å²) in [6.45, 7) is 2.08. The largest absolute Gasteiger partial charge is 0.497 e. The van der Waals surface area contributed by atoms with E-state index in [2.05, 4.69) is 19.1 Å². The molecular weight excluding hydrogens is 380 g/mol. The van der Waals surface area contributed by atoms with Crippen LogP contribution in [0.5, 0.6) is 5.75 Å². The van der Waals surface area contributed by atoms with Gasteiger partial charge < -0.3 is 14.9 Å². The van der Waals surface area contributed by atoms with E-state index in [-0.39, 0.29) is 12.8 Å². The van der Waals surface area contributed by atoms with Crippen molar-refractivity contribution in [2.24, 2.45) is 5.92 Å². The number of benzene rings is 3. The van der Waals surface area contributed by atoms with E-state index in [4.69, 9.17) is 14.9 Å². The van der Waals surface area contributed by atoms with Crippen LogP contribution in [0.15, 0.2) is 78.9 Å².